The van der Waals surface area contributed by atoms with Gasteiger partial charge in [-0.2, -0.15) is 13.2 Å². The fraction of sp³-hybridized carbons (Fsp3) is 0.167. The molecule has 1 aromatic heterocycles. The Hall–Kier alpha value is -0.750. The van der Waals surface area contributed by atoms with Crippen molar-refractivity contribution in [3.8, 4) is 0 Å². The Kier molecular flexibility index (Phi) is 2.82. The molecule has 1 amide bonds. The van der Waals surface area contributed by atoms with E-state index < -0.39 is 12.1 Å². The van der Waals surface area contributed by atoms with Crippen LogP contribution in [0.15, 0.2) is 11.4 Å². The maximum Gasteiger partial charge on any atom is 0.471 e. The van der Waals surface area contributed by atoms with E-state index in [2.05, 4.69) is 0 Å². The summed E-state index contributed by atoms with van der Waals surface area (Å²) in [5.41, 5.74) is 0.0531. The average Bonchev–Trinajstić information content (AvgIpc) is 2.33. The Morgan fingerprint density at radius 1 is 1.54 bits per heavy atom. The summed E-state index contributed by atoms with van der Waals surface area (Å²) < 4.78 is 35.4. The second-order valence-electron chi connectivity index (χ2n) is 2.09. The number of thiophene rings is 1. The number of carbonyl (C=O) groups is 1. The van der Waals surface area contributed by atoms with Crippen LogP contribution in [0.3, 0.4) is 0 Å². The third-order valence-corrected chi connectivity index (χ3v) is 2.17. The number of anilines is 1. The van der Waals surface area contributed by atoms with E-state index in [0.717, 1.165) is 11.3 Å². The van der Waals surface area contributed by atoms with Crippen LogP contribution in [0.5, 0.6) is 0 Å². The largest absolute Gasteiger partial charge is 0.471 e. The molecule has 0 saturated carbocycles. The van der Waals surface area contributed by atoms with Gasteiger partial charge in [0.15, 0.2) is 0 Å². The van der Waals surface area contributed by atoms with Gasteiger partial charge in [0.2, 0.25) is 0 Å². The molecule has 0 aliphatic carbocycles. The van der Waals surface area contributed by atoms with Crippen LogP contribution in [0.4, 0.5) is 18.9 Å². The Labute approximate surface area is 80.3 Å². The van der Waals surface area contributed by atoms with E-state index in [1.807, 2.05) is 0 Å². The van der Waals surface area contributed by atoms with Crippen molar-refractivity contribution in [2.45, 2.75) is 6.18 Å². The van der Waals surface area contributed by atoms with Crippen molar-refractivity contribution in [1.82, 2.24) is 0 Å². The highest BCUT2D eigenvalue weighted by Gasteiger charge is 2.38. The van der Waals surface area contributed by atoms with E-state index in [0.29, 0.717) is 4.34 Å². The van der Waals surface area contributed by atoms with Gasteiger partial charge < -0.3 is 5.32 Å². The second kappa shape index (κ2) is 3.55. The fourth-order valence-corrected chi connectivity index (χ4v) is 1.39. The van der Waals surface area contributed by atoms with Gasteiger partial charge in [-0.05, 0) is 6.07 Å². The first-order valence-corrected chi connectivity index (χ1v) is 4.27. The maximum atomic E-state index is 11.7. The molecule has 0 saturated heterocycles. The summed E-state index contributed by atoms with van der Waals surface area (Å²) in [7, 11) is 0. The third-order valence-electron chi connectivity index (χ3n) is 1.08. The standard InChI is InChI=1S/C6H3ClF3NOS/c7-4-1-3(2-13-4)11-5(12)6(8,9)10/h1-2H,(H,11,12). The highest BCUT2D eigenvalue weighted by Crippen LogP contribution is 2.25. The predicted molar refractivity (Wildman–Crippen MR) is 44.0 cm³/mol. The van der Waals surface area contributed by atoms with Crippen molar-refractivity contribution in [2.24, 2.45) is 0 Å². The van der Waals surface area contributed by atoms with E-state index in [-0.39, 0.29) is 5.69 Å². The van der Waals surface area contributed by atoms with Crippen LogP contribution in [0, 0.1) is 0 Å². The molecule has 1 N–H and O–H groups in total. The average molecular weight is 230 g/mol. The van der Waals surface area contributed by atoms with Gasteiger partial charge in [0.25, 0.3) is 0 Å². The SMILES string of the molecule is O=C(Nc1csc(Cl)c1)C(F)(F)F. The topological polar surface area (TPSA) is 29.1 Å². The predicted octanol–water partition coefficient (Wildman–Crippen LogP) is 2.90. The van der Waals surface area contributed by atoms with E-state index in [9.17, 15) is 18.0 Å². The molecule has 0 radical (unpaired) electrons. The Morgan fingerprint density at radius 2 is 2.15 bits per heavy atom. The number of alkyl halides is 3. The molecule has 1 aromatic rings. The number of hydrogen-bond acceptors (Lipinski definition) is 2. The monoisotopic (exact) mass is 229 g/mol. The van der Waals surface area contributed by atoms with Crippen LogP contribution < -0.4 is 5.32 Å². The van der Waals surface area contributed by atoms with Crippen molar-refractivity contribution in [3.63, 3.8) is 0 Å². The van der Waals surface area contributed by atoms with E-state index in [4.69, 9.17) is 11.6 Å². The minimum Gasteiger partial charge on any atom is -0.317 e. The minimum atomic E-state index is -4.87. The lowest BCUT2D eigenvalue weighted by Gasteiger charge is -2.04. The number of hydrogen-bond donors (Lipinski definition) is 1. The second-order valence-corrected chi connectivity index (χ2v) is 3.63. The lowest BCUT2D eigenvalue weighted by atomic mass is 10.5. The number of nitrogens with one attached hydrogen (secondary N) is 1. The normalized spacial score (nSPS) is 11.4. The third kappa shape index (κ3) is 2.89. The summed E-state index contributed by atoms with van der Waals surface area (Å²) in [6.07, 6.45) is -4.87. The molecule has 0 aliphatic heterocycles. The van der Waals surface area contributed by atoms with Crippen molar-refractivity contribution < 1.29 is 18.0 Å². The molecule has 0 fully saturated rings. The quantitative estimate of drug-likeness (QED) is 0.788. The molecule has 0 bridgehead atoms. The number of amides is 1. The van der Waals surface area contributed by atoms with Crippen LogP contribution in [0.2, 0.25) is 4.34 Å². The van der Waals surface area contributed by atoms with Crippen LogP contribution in [0.1, 0.15) is 0 Å². The molecule has 0 atom stereocenters. The zero-order valence-electron chi connectivity index (χ0n) is 5.98. The molecule has 0 aliphatic rings. The van der Waals surface area contributed by atoms with Crippen molar-refractivity contribution in [1.29, 1.82) is 0 Å². The van der Waals surface area contributed by atoms with Gasteiger partial charge >= 0.3 is 12.1 Å². The lowest BCUT2D eigenvalue weighted by Crippen LogP contribution is -2.29. The number of carbonyl (C=O) groups excluding carboxylic acids is 1. The minimum absolute atomic E-state index is 0.0531. The van der Waals surface area contributed by atoms with Crippen molar-refractivity contribution in [2.75, 3.05) is 5.32 Å². The van der Waals surface area contributed by atoms with Gasteiger partial charge in [-0.3, -0.25) is 4.79 Å². The molecule has 2 nitrogen and oxygen atoms in total. The molecule has 0 spiro atoms. The zero-order chi connectivity index (χ0) is 10.1. The van der Waals surface area contributed by atoms with E-state index >= 15 is 0 Å². The highest BCUT2D eigenvalue weighted by atomic mass is 35.5. The summed E-state index contributed by atoms with van der Waals surface area (Å²) in [4.78, 5) is 10.4. The van der Waals surface area contributed by atoms with Gasteiger partial charge in [0, 0.05) is 5.38 Å². The van der Waals surface area contributed by atoms with Crippen LogP contribution in [0.25, 0.3) is 0 Å². The van der Waals surface area contributed by atoms with Crippen LogP contribution >= 0.6 is 22.9 Å². The van der Waals surface area contributed by atoms with Gasteiger partial charge in [-0.1, -0.05) is 11.6 Å². The molecule has 13 heavy (non-hydrogen) atoms. The first kappa shape index (κ1) is 10.3. The summed E-state index contributed by atoms with van der Waals surface area (Å²) in [5, 5.41) is 2.99. The van der Waals surface area contributed by atoms with Gasteiger partial charge in [-0.25, -0.2) is 0 Å². The van der Waals surface area contributed by atoms with Crippen molar-refractivity contribution >= 4 is 34.5 Å². The zero-order valence-corrected chi connectivity index (χ0v) is 7.56. The molecular formula is C6H3ClF3NOS. The van der Waals surface area contributed by atoms with Gasteiger partial charge in [0.1, 0.15) is 0 Å². The summed E-state index contributed by atoms with van der Waals surface area (Å²) in [6, 6.07) is 1.25. The van der Waals surface area contributed by atoms with E-state index in [1.165, 1.54) is 11.4 Å². The highest BCUT2D eigenvalue weighted by molar-refractivity contribution is 7.14. The Morgan fingerprint density at radius 3 is 2.54 bits per heavy atom. The number of halogens is 4. The smallest absolute Gasteiger partial charge is 0.317 e. The Balaban J connectivity index is 2.65. The summed E-state index contributed by atoms with van der Waals surface area (Å²) in [6.45, 7) is 0. The van der Waals surface area contributed by atoms with E-state index in [1.54, 1.807) is 5.32 Å². The Bertz CT molecular complexity index is 322. The maximum absolute atomic E-state index is 11.7. The summed E-state index contributed by atoms with van der Waals surface area (Å²) in [5.74, 6) is -2.00. The molecule has 7 heteroatoms. The van der Waals surface area contributed by atoms with Gasteiger partial charge in [0.05, 0.1) is 10.0 Å². The fourth-order valence-electron chi connectivity index (χ4n) is 0.578. The first-order valence-electron chi connectivity index (χ1n) is 3.02. The first-order chi connectivity index (χ1) is 5.89. The van der Waals surface area contributed by atoms with Crippen LogP contribution in [-0.2, 0) is 4.79 Å². The molecule has 1 rings (SSSR count). The molecule has 0 aromatic carbocycles. The van der Waals surface area contributed by atoms with Crippen LogP contribution in [-0.4, -0.2) is 12.1 Å². The number of rotatable bonds is 1. The molecular weight excluding hydrogens is 227 g/mol. The van der Waals surface area contributed by atoms with Crippen molar-refractivity contribution in [3.05, 3.63) is 15.8 Å². The molecule has 0 unspecified atom stereocenters. The molecule has 72 valence electrons. The summed E-state index contributed by atoms with van der Waals surface area (Å²) >= 11 is 6.48. The molecule has 1 heterocycles. The lowest BCUT2D eigenvalue weighted by molar-refractivity contribution is -0.167. The van der Waals surface area contributed by atoms with Gasteiger partial charge in [-0.15, -0.1) is 11.3 Å².